The Bertz CT molecular complexity index is 829. The summed E-state index contributed by atoms with van der Waals surface area (Å²) in [4.78, 5) is 28.0. The summed E-state index contributed by atoms with van der Waals surface area (Å²) < 4.78 is 0. The first kappa shape index (κ1) is 22.7. The number of benzene rings is 2. The molecule has 156 valence electrons. The van der Waals surface area contributed by atoms with E-state index >= 15 is 0 Å². The third-order valence-electron chi connectivity index (χ3n) is 5.11. The van der Waals surface area contributed by atoms with Crippen molar-refractivity contribution in [2.24, 2.45) is 5.92 Å². The van der Waals surface area contributed by atoms with Gasteiger partial charge in [-0.15, -0.1) is 0 Å². The molecule has 4 nitrogen and oxygen atoms in total. The number of hydrogen-bond donors (Lipinski definition) is 1. The number of carbonyl (C=O) groups excluding carboxylic acids is 2. The van der Waals surface area contributed by atoms with E-state index in [1.165, 1.54) is 0 Å². The van der Waals surface area contributed by atoms with Crippen molar-refractivity contribution in [1.82, 2.24) is 10.2 Å². The molecule has 2 rings (SSSR count). The lowest BCUT2D eigenvalue weighted by molar-refractivity contribution is -0.141. The maximum Gasteiger partial charge on any atom is 0.242 e. The van der Waals surface area contributed by atoms with Gasteiger partial charge < -0.3 is 10.2 Å². The van der Waals surface area contributed by atoms with Gasteiger partial charge in [0.15, 0.2) is 0 Å². The second-order valence-electron chi connectivity index (χ2n) is 8.18. The van der Waals surface area contributed by atoms with Crippen LogP contribution in [-0.4, -0.2) is 29.3 Å². The van der Waals surface area contributed by atoms with Crippen molar-refractivity contribution in [1.29, 1.82) is 0 Å². The quantitative estimate of drug-likeness (QED) is 0.684. The highest BCUT2D eigenvalue weighted by molar-refractivity contribution is 5.88. The third kappa shape index (κ3) is 6.74. The summed E-state index contributed by atoms with van der Waals surface area (Å²) in [5.74, 6) is 0.266. The van der Waals surface area contributed by atoms with Crippen molar-refractivity contribution in [3.05, 3.63) is 70.8 Å². The van der Waals surface area contributed by atoms with Gasteiger partial charge in [-0.25, -0.2) is 0 Å². The summed E-state index contributed by atoms with van der Waals surface area (Å²) in [6.07, 6.45) is 0.872. The van der Waals surface area contributed by atoms with Crippen molar-refractivity contribution in [2.45, 2.75) is 60.0 Å². The van der Waals surface area contributed by atoms with Gasteiger partial charge in [0.1, 0.15) is 6.04 Å². The molecule has 0 fully saturated rings. The molecule has 0 aliphatic rings. The zero-order valence-electron chi connectivity index (χ0n) is 18.4. The second-order valence-corrected chi connectivity index (χ2v) is 8.18. The Hall–Kier alpha value is -2.62. The fourth-order valence-electron chi connectivity index (χ4n) is 3.41. The van der Waals surface area contributed by atoms with Gasteiger partial charge in [-0.3, -0.25) is 9.59 Å². The molecule has 2 aromatic carbocycles. The van der Waals surface area contributed by atoms with Crippen LogP contribution < -0.4 is 5.32 Å². The van der Waals surface area contributed by atoms with Crippen molar-refractivity contribution in [3.8, 4) is 0 Å². The largest absolute Gasteiger partial charge is 0.354 e. The Morgan fingerprint density at radius 1 is 1.03 bits per heavy atom. The van der Waals surface area contributed by atoms with Crippen LogP contribution in [-0.2, 0) is 22.6 Å². The number of rotatable bonds is 9. The minimum absolute atomic E-state index is 0.0228. The predicted octanol–water partition coefficient (Wildman–Crippen LogP) is 4.43. The summed E-state index contributed by atoms with van der Waals surface area (Å²) in [7, 11) is 0. The van der Waals surface area contributed by atoms with Gasteiger partial charge in [-0.2, -0.15) is 0 Å². The van der Waals surface area contributed by atoms with E-state index in [-0.39, 0.29) is 11.8 Å². The van der Waals surface area contributed by atoms with Crippen LogP contribution >= 0.6 is 0 Å². The van der Waals surface area contributed by atoms with Crippen LogP contribution in [0.3, 0.4) is 0 Å². The van der Waals surface area contributed by atoms with E-state index in [0.717, 1.165) is 22.3 Å². The standard InChI is InChI=1S/C25H34N2O2/c1-6-23(25(29)26-16-18(2)3)27(17-22-13-8-7-11-20(22)5)24(28)15-21-12-9-10-19(4)14-21/h7-14,18,23H,6,15-17H2,1-5H3,(H,26,29)/t23-/m1/s1. The Labute approximate surface area is 175 Å². The number of nitrogens with one attached hydrogen (secondary N) is 1. The summed E-state index contributed by atoms with van der Waals surface area (Å²) in [6, 6.07) is 15.5. The zero-order valence-corrected chi connectivity index (χ0v) is 18.4. The topological polar surface area (TPSA) is 49.4 Å². The molecule has 0 saturated carbocycles. The number of carbonyl (C=O) groups is 2. The molecule has 0 radical (unpaired) electrons. The van der Waals surface area contributed by atoms with E-state index in [2.05, 4.69) is 19.2 Å². The molecule has 0 aliphatic heterocycles. The molecule has 0 saturated heterocycles. The van der Waals surface area contributed by atoms with Crippen LogP contribution in [0.15, 0.2) is 48.5 Å². The SMILES string of the molecule is CC[C@H](C(=O)NCC(C)C)N(Cc1ccccc1C)C(=O)Cc1cccc(C)c1. The molecule has 0 heterocycles. The van der Waals surface area contributed by atoms with Gasteiger partial charge in [0, 0.05) is 13.1 Å². The van der Waals surface area contributed by atoms with Gasteiger partial charge >= 0.3 is 0 Å². The smallest absolute Gasteiger partial charge is 0.242 e. The number of aryl methyl sites for hydroxylation is 2. The molecular weight excluding hydrogens is 360 g/mol. The summed E-state index contributed by atoms with van der Waals surface area (Å²) in [5.41, 5.74) is 4.29. The van der Waals surface area contributed by atoms with Gasteiger partial charge in [0.05, 0.1) is 6.42 Å². The summed E-state index contributed by atoms with van der Waals surface area (Å²) >= 11 is 0. The number of nitrogens with zero attached hydrogens (tertiary/aromatic N) is 1. The molecule has 0 bridgehead atoms. The Morgan fingerprint density at radius 2 is 1.76 bits per heavy atom. The molecule has 0 spiro atoms. The molecule has 29 heavy (non-hydrogen) atoms. The van der Waals surface area contributed by atoms with Crippen LogP contribution in [0.5, 0.6) is 0 Å². The van der Waals surface area contributed by atoms with Crippen LogP contribution in [0.25, 0.3) is 0 Å². The summed E-state index contributed by atoms with van der Waals surface area (Å²) in [5, 5.41) is 3.01. The highest BCUT2D eigenvalue weighted by atomic mass is 16.2. The highest BCUT2D eigenvalue weighted by Crippen LogP contribution is 2.17. The molecule has 2 aromatic rings. The van der Waals surface area contributed by atoms with Crippen LogP contribution in [0, 0.1) is 19.8 Å². The predicted molar refractivity (Wildman–Crippen MR) is 119 cm³/mol. The normalized spacial score (nSPS) is 11.9. The van der Waals surface area contributed by atoms with E-state index in [4.69, 9.17) is 0 Å². The lowest BCUT2D eigenvalue weighted by Gasteiger charge is -2.31. The van der Waals surface area contributed by atoms with E-state index in [1.807, 2.05) is 69.3 Å². The average molecular weight is 395 g/mol. The van der Waals surface area contributed by atoms with Crippen molar-refractivity contribution in [2.75, 3.05) is 6.54 Å². The van der Waals surface area contributed by atoms with Crippen molar-refractivity contribution >= 4 is 11.8 Å². The first-order valence-corrected chi connectivity index (χ1v) is 10.5. The molecule has 1 N–H and O–H groups in total. The fraction of sp³-hybridized carbons (Fsp3) is 0.440. The van der Waals surface area contributed by atoms with E-state index in [1.54, 1.807) is 4.90 Å². The summed E-state index contributed by atoms with van der Waals surface area (Å²) in [6.45, 7) is 11.2. The van der Waals surface area contributed by atoms with E-state index in [0.29, 0.717) is 31.8 Å². The van der Waals surface area contributed by atoms with Gasteiger partial charge in [-0.05, 0) is 42.9 Å². The monoisotopic (exact) mass is 394 g/mol. The third-order valence-corrected chi connectivity index (χ3v) is 5.11. The minimum Gasteiger partial charge on any atom is -0.354 e. The highest BCUT2D eigenvalue weighted by Gasteiger charge is 2.28. The molecule has 0 aliphatic carbocycles. The fourth-order valence-corrected chi connectivity index (χ4v) is 3.41. The minimum atomic E-state index is -0.481. The Morgan fingerprint density at radius 3 is 2.38 bits per heavy atom. The lowest BCUT2D eigenvalue weighted by Crippen LogP contribution is -2.50. The molecule has 0 aromatic heterocycles. The van der Waals surface area contributed by atoms with E-state index in [9.17, 15) is 9.59 Å². The number of hydrogen-bond acceptors (Lipinski definition) is 2. The first-order valence-electron chi connectivity index (χ1n) is 10.5. The van der Waals surface area contributed by atoms with Crippen LogP contribution in [0.2, 0.25) is 0 Å². The van der Waals surface area contributed by atoms with Crippen molar-refractivity contribution < 1.29 is 9.59 Å². The second kappa shape index (κ2) is 10.8. The molecule has 1 atom stereocenters. The molecule has 4 heteroatoms. The molecule has 2 amide bonds. The van der Waals surface area contributed by atoms with Gasteiger partial charge in [0.25, 0.3) is 0 Å². The van der Waals surface area contributed by atoms with Crippen LogP contribution in [0.1, 0.15) is 49.4 Å². The van der Waals surface area contributed by atoms with Crippen molar-refractivity contribution in [3.63, 3.8) is 0 Å². The lowest BCUT2D eigenvalue weighted by atomic mass is 10.0. The maximum absolute atomic E-state index is 13.3. The zero-order chi connectivity index (χ0) is 21.4. The van der Waals surface area contributed by atoms with Gasteiger partial charge in [-0.1, -0.05) is 74.9 Å². The van der Waals surface area contributed by atoms with Gasteiger partial charge in [0.2, 0.25) is 11.8 Å². The molecule has 0 unspecified atom stereocenters. The maximum atomic E-state index is 13.3. The Balaban J connectivity index is 2.29. The first-order chi connectivity index (χ1) is 13.8. The van der Waals surface area contributed by atoms with Crippen LogP contribution in [0.4, 0.5) is 0 Å². The average Bonchev–Trinajstić information content (AvgIpc) is 2.67. The number of amides is 2. The van der Waals surface area contributed by atoms with E-state index < -0.39 is 6.04 Å². The molecular formula is C25H34N2O2. The Kier molecular flexibility index (Phi) is 8.44.